The molecule has 198 valence electrons. The topological polar surface area (TPSA) is 46.2 Å². The van der Waals surface area contributed by atoms with Gasteiger partial charge in [0.15, 0.2) is 11.6 Å². The van der Waals surface area contributed by atoms with Crippen molar-refractivity contribution in [2.24, 2.45) is 5.92 Å². The van der Waals surface area contributed by atoms with E-state index < -0.39 is 0 Å². The van der Waals surface area contributed by atoms with Gasteiger partial charge >= 0.3 is 0 Å². The van der Waals surface area contributed by atoms with E-state index in [1.165, 1.54) is 27.5 Å². The summed E-state index contributed by atoms with van der Waals surface area (Å²) in [6.07, 6.45) is 16.2. The zero-order valence-corrected chi connectivity index (χ0v) is 22.6. The summed E-state index contributed by atoms with van der Waals surface area (Å²) in [4.78, 5) is 26.9. The van der Waals surface area contributed by atoms with E-state index in [1.807, 2.05) is 54.8 Å². The molecule has 1 heterocycles. The highest BCUT2D eigenvalue weighted by atomic mass is 16.1. The zero-order chi connectivity index (χ0) is 27.8. The molecule has 0 aromatic heterocycles. The van der Waals surface area contributed by atoms with Crippen molar-refractivity contribution in [3.05, 3.63) is 165 Å². The highest BCUT2D eigenvalue weighted by Gasteiger charge is 2.31. The molecule has 0 spiro atoms. The van der Waals surface area contributed by atoms with Crippen molar-refractivity contribution in [3.63, 3.8) is 0 Å². The van der Waals surface area contributed by atoms with E-state index in [-0.39, 0.29) is 23.4 Å². The Morgan fingerprint density at radius 1 is 0.683 bits per heavy atom. The van der Waals surface area contributed by atoms with Crippen LogP contribution in [0.5, 0.6) is 0 Å². The average molecular weight is 532 g/mol. The number of carbonyl (C=O) groups is 2. The molecule has 4 aromatic rings. The van der Waals surface area contributed by atoms with E-state index in [4.69, 9.17) is 0 Å². The van der Waals surface area contributed by atoms with Crippen molar-refractivity contribution in [3.8, 4) is 11.1 Å². The van der Waals surface area contributed by atoms with Gasteiger partial charge in [0, 0.05) is 40.4 Å². The maximum absolute atomic E-state index is 14.0. The predicted molar refractivity (Wildman–Crippen MR) is 165 cm³/mol. The molecular formula is C38H29NO2. The van der Waals surface area contributed by atoms with Crippen LogP contribution in [0.1, 0.15) is 49.7 Å². The lowest BCUT2D eigenvalue weighted by Gasteiger charge is -2.30. The van der Waals surface area contributed by atoms with E-state index >= 15 is 0 Å². The van der Waals surface area contributed by atoms with Crippen LogP contribution in [0.3, 0.4) is 0 Å². The number of hydrogen-bond acceptors (Lipinski definition) is 3. The minimum Gasteiger partial charge on any atom is -0.364 e. The molecule has 1 N–H and O–H groups in total. The van der Waals surface area contributed by atoms with Gasteiger partial charge in [-0.25, -0.2) is 0 Å². The molecule has 2 atom stereocenters. The van der Waals surface area contributed by atoms with Crippen LogP contribution in [-0.4, -0.2) is 11.6 Å². The standard InChI is InChI=1S/C38H29NO2/c40-37(26-10-3-1-4-11-26)27-14-16-28(17-15-27)38(41)29-23-34-32-19-18-25-9-6-7-12-30(25)31(32)20-21-33(34)35(24-29)36-13-5-2-8-22-39-36/h1-17,19-23,29,35,39H,18,24H2. The first kappa shape index (κ1) is 25.0. The van der Waals surface area contributed by atoms with Crippen LogP contribution in [0.4, 0.5) is 0 Å². The normalized spacial score (nSPS) is 18.3. The molecule has 0 bridgehead atoms. The smallest absolute Gasteiger partial charge is 0.193 e. The molecule has 0 saturated carbocycles. The zero-order valence-electron chi connectivity index (χ0n) is 22.6. The predicted octanol–water partition coefficient (Wildman–Crippen LogP) is 6.25. The largest absolute Gasteiger partial charge is 0.364 e. The Morgan fingerprint density at radius 2 is 1.44 bits per heavy atom. The van der Waals surface area contributed by atoms with Crippen molar-refractivity contribution < 1.29 is 9.59 Å². The molecule has 3 heteroatoms. The monoisotopic (exact) mass is 531 g/mol. The summed E-state index contributed by atoms with van der Waals surface area (Å²) < 4.78 is 0. The maximum Gasteiger partial charge on any atom is 0.193 e. The van der Waals surface area contributed by atoms with E-state index in [0.29, 0.717) is 23.1 Å². The molecule has 1 aliphatic heterocycles. The quantitative estimate of drug-likeness (QED) is 0.310. The second-order valence-corrected chi connectivity index (χ2v) is 10.8. The van der Waals surface area contributed by atoms with Gasteiger partial charge in [-0.15, -0.1) is 0 Å². The second-order valence-electron chi connectivity index (χ2n) is 10.8. The lowest BCUT2D eigenvalue weighted by atomic mass is 9.75. The van der Waals surface area contributed by atoms with Crippen molar-refractivity contribution in [1.29, 1.82) is 0 Å². The molecule has 4 aromatic carbocycles. The minimum absolute atomic E-state index is 0.0437. The van der Waals surface area contributed by atoms with Crippen LogP contribution in [0.25, 0.3) is 23.3 Å². The van der Waals surface area contributed by atoms with Crippen molar-refractivity contribution in [1.82, 2.24) is 5.32 Å². The molecular weight excluding hydrogens is 502 g/mol. The first-order valence-electron chi connectivity index (χ1n) is 14.1. The number of Topliss-reactive ketones (excluding diaryl/α,β-unsaturated/α-hetero) is 1. The molecule has 7 rings (SSSR count). The fourth-order valence-electron chi connectivity index (χ4n) is 6.34. The molecule has 3 aliphatic rings. The summed E-state index contributed by atoms with van der Waals surface area (Å²) in [6, 6.07) is 29.4. The molecule has 0 radical (unpaired) electrons. The van der Waals surface area contributed by atoms with Gasteiger partial charge in [0.25, 0.3) is 0 Å². The lowest BCUT2D eigenvalue weighted by Crippen LogP contribution is -2.39. The third-order valence-electron chi connectivity index (χ3n) is 8.41. The molecule has 2 aliphatic carbocycles. The van der Waals surface area contributed by atoms with Crippen LogP contribution < -0.4 is 15.8 Å². The van der Waals surface area contributed by atoms with E-state index in [2.05, 4.69) is 59.9 Å². The van der Waals surface area contributed by atoms with Gasteiger partial charge in [-0.05, 0) is 57.7 Å². The number of hydrogen-bond donors (Lipinski definition) is 1. The highest BCUT2D eigenvalue weighted by molar-refractivity contribution is 6.09. The Balaban J connectivity index is 1.30. The van der Waals surface area contributed by atoms with Crippen molar-refractivity contribution in [2.45, 2.75) is 18.8 Å². The molecule has 2 unspecified atom stereocenters. The average Bonchev–Trinajstić information content (AvgIpc) is 3.33. The van der Waals surface area contributed by atoms with Gasteiger partial charge in [0.05, 0.1) is 0 Å². The molecule has 3 nitrogen and oxygen atoms in total. The highest BCUT2D eigenvalue weighted by Crippen LogP contribution is 2.35. The summed E-state index contributed by atoms with van der Waals surface area (Å²) in [5, 5.41) is 5.84. The summed E-state index contributed by atoms with van der Waals surface area (Å²) in [7, 11) is 0. The SMILES string of the molecule is O=C(c1ccccc1)c1ccc(C(=O)C2C=c3c(ccc4c3=CCc3ccccc3-4)C(C3=CC=CC=CN3)C2)cc1. The number of nitrogens with one attached hydrogen (secondary N) is 1. The first-order valence-corrected chi connectivity index (χ1v) is 14.1. The number of rotatable bonds is 5. The van der Waals surface area contributed by atoms with Gasteiger partial charge in [0.1, 0.15) is 0 Å². The fraction of sp³-hybridized carbons (Fsp3) is 0.105. The summed E-state index contributed by atoms with van der Waals surface area (Å²) in [5.74, 6) is -0.212. The Labute approximate surface area is 239 Å². The van der Waals surface area contributed by atoms with E-state index in [9.17, 15) is 9.59 Å². The number of allylic oxidation sites excluding steroid dienone is 5. The second kappa shape index (κ2) is 10.5. The summed E-state index contributed by atoms with van der Waals surface area (Å²) in [6.45, 7) is 0. The van der Waals surface area contributed by atoms with Gasteiger partial charge in [-0.2, -0.15) is 0 Å². The van der Waals surface area contributed by atoms with Crippen LogP contribution in [0, 0.1) is 5.92 Å². The molecule has 41 heavy (non-hydrogen) atoms. The summed E-state index contributed by atoms with van der Waals surface area (Å²) >= 11 is 0. The Hall–Kier alpha value is -5.02. The van der Waals surface area contributed by atoms with Crippen molar-refractivity contribution in [2.75, 3.05) is 0 Å². The molecule has 0 amide bonds. The van der Waals surface area contributed by atoms with Crippen LogP contribution >= 0.6 is 0 Å². The van der Waals surface area contributed by atoms with E-state index in [1.54, 1.807) is 24.3 Å². The Bertz CT molecular complexity index is 1890. The van der Waals surface area contributed by atoms with E-state index in [0.717, 1.165) is 17.3 Å². The van der Waals surface area contributed by atoms with Crippen LogP contribution in [-0.2, 0) is 6.42 Å². The number of carbonyl (C=O) groups excluding carboxylic acids is 2. The molecule has 0 fully saturated rings. The number of ketones is 2. The summed E-state index contributed by atoms with van der Waals surface area (Å²) in [5.41, 5.74) is 7.99. The number of fused-ring (bicyclic) bond motifs is 5. The van der Waals surface area contributed by atoms with Gasteiger partial charge in [-0.3, -0.25) is 9.59 Å². The van der Waals surface area contributed by atoms with Gasteiger partial charge in [-0.1, -0.05) is 115 Å². The van der Waals surface area contributed by atoms with Crippen LogP contribution in [0.15, 0.2) is 127 Å². The first-order chi connectivity index (χ1) is 20.2. The third-order valence-corrected chi connectivity index (χ3v) is 8.41. The lowest BCUT2D eigenvalue weighted by molar-refractivity contribution is 0.0942. The van der Waals surface area contributed by atoms with Crippen molar-refractivity contribution >= 4 is 23.7 Å². The minimum atomic E-state index is -0.292. The molecule has 0 saturated heterocycles. The maximum atomic E-state index is 14.0. The third kappa shape index (κ3) is 4.60. The van der Waals surface area contributed by atoms with Gasteiger partial charge < -0.3 is 5.32 Å². The Kier molecular flexibility index (Phi) is 6.41. The van der Waals surface area contributed by atoms with Crippen LogP contribution in [0.2, 0.25) is 0 Å². The Morgan fingerprint density at radius 3 is 2.29 bits per heavy atom. The fourth-order valence-corrected chi connectivity index (χ4v) is 6.34. The number of benzene rings is 4. The van der Waals surface area contributed by atoms with Gasteiger partial charge in [0.2, 0.25) is 0 Å².